The van der Waals surface area contributed by atoms with Crippen molar-refractivity contribution in [1.82, 2.24) is 4.90 Å². The molecule has 0 aromatic heterocycles. The lowest BCUT2D eigenvalue weighted by Gasteiger charge is -2.23. The maximum Gasteiger partial charge on any atom is 0.156 e. The smallest absolute Gasteiger partial charge is 0.156 e. The van der Waals surface area contributed by atoms with Crippen molar-refractivity contribution in [3.05, 3.63) is 0 Å². The lowest BCUT2D eigenvalue weighted by Crippen LogP contribution is -2.26. The summed E-state index contributed by atoms with van der Waals surface area (Å²) in [4.78, 5) is 12.2. The van der Waals surface area contributed by atoms with Crippen LogP contribution in [0.4, 0.5) is 0 Å². The zero-order chi connectivity index (χ0) is 10.3. The van der Waals surface area contributed by atoms with E-state index in [1.165, 1.54) is 0 Å². The summed E-state index contributed by atoms with van der Waals surface area (Å²) >= 11 is 0. The van der Waals surface area contributed by atoms with Crippen molar-refractivity contribution in [2.75, 3.05) is 38.8 Å². The van der Waals surface area contributed by atoms with Crippen LogP contribution in [0.3, 0.4) is 0 Å². The normalized spacial score (nSPS) is 16.2. The molecule has 0 aliphatic rings. The minimum Gasteiger partial charge on any atom is -0.395 e. The van der Waals surface area contributed by atoms with E-state index in [9.17, 15) is 4.89 Å². The van der Waals surface area contributed by atoms with Crippen LogP contribution in [0, 0.1) is 0 Å². The molecule has 0 fully saturated rings. The van der Waals surface area contributed by atoms with Crippen molar-refractivity contribution in [2.45, 2.75) is 20.3 Å². The van der Waals surface area contributed by atoms with Gasteiger partial charge >= 0.3 is 0 Å². The van der Waals surface area contributed by atoms with Gasteiger partial charge in [-0.3, -0.25) is 9.79 Å². The number of nitrogens with zero attached hydrogens (tertiary/aromatic N) is 1. The van der Waals surface area contributed by atoms with E-state index in [1.807, 2.05) is 11.9 Å². The Morgan fingerprint density at radius 2 is 1.92 bits per heavy atom. The van der Waals surface area contributed by atoms with Crippen molar-refractivity contribution in [3.8, 4) is 0 Å². The fourth-order valence-corrected chi connectivity index (χ4v) is 3.97. The fourth-order valence-electron chi connectivity index (χ4n) is 1.44. The summed E-state index contributed by atoms with van der Waals surface area (Å²) in [6, 6.07) is 0. The van der Waals surface area contributed by atoms with E-state index in [4.69, 9.17) is 5.11 Å². The molecule has 0 saturated heterocycles. The third-order valence-corrected chi connectivity index (χ3v) is 5.68. The molecule has 4 heteroatoms. The summed E-state index contributed by atoms with van der Waals surface area (Å²) in [5.74, 6) is 0. The van der Waals surface area contributed by atoms with Gasteiger partial charge in [0.2, 0.25) is 0 Å². The van der Waals surface area contributed by atoms with Gasteiger partial charge in [-0.25, -0.2) is 0 Å². The van der Waals surface area contributed by atoms with Crippen LogP contribution in [-0.4, -0.2) is 53.7 Å². The van der Waals surface area contributed by atoms with Gasteiger partial charge in [0, 0.05) is 6.54 Å². The van der Waals surface area contributed by atoms with Gasteiger partial charge in [0.05, 0.1) is 18.9 Å². The Balaban J connectivity index is 3.93. The first-order valence-corrected chi connectivity index (χ1v) is 7.26. The number of rotatable bonds is 7. The third kappa shape index (κ3) is 5.58. The summed E-state index contributed by atoms with van der Waals surface area (Å²) in [5, 5.41) is 8.73. The average Bonchev–Trinajstić information content (AvgIpc) is 2.05. The minimum atomic E-state index is -1.72. The standard InChI is InChI=1S/C9H23NO2P/c1-4-8-13(12,5-2)9-10(3)6-7-11/h11-12H,4-9H2,1-3H3/q+1. The highest BCUT2D eigenvalue weighted by atomic mass is 31.2. The summed E-state index contributed by atoms with van der Waals surface area (Å²) in [6.45, 7) is 4.99. The number of aliphatic hydroxyl groups excluding tert-OH is 1. The van der Waals surface area contributed by atoms with Crippen LogP contribution < -0.4 is 0 Å². The van der Waals surface area contributed by atoms with E-state index in [-0.39, 0.29) is 6.61 Å². The van der Waals surface area contributed by atoms with E-state index in [2.05, 4.69) is 13.8 Å². The van der Waals surface area contributed by atoms with E-state index < -0.39 is 7.49 Å². The monoisotopic (exact) mass is 208 g/mol. The molecule has 0 amide bonds. The highest BCUT2D eigenvalue weighted by Gasteiger charge is 2.33. The molecule has 3 nitrogen and oxygen atoms in total. The number of likely N-dealkylation sites (N-methyl/N-ethyl adjacent to an activating group) is 1. The topological polar surface area (TPSA) is 43.7 Å². The highest BCUT2D eigenvalue weighted by molar-refractivity contribution is 7.70. The highest BCUT2D eigenvalue weighted by Crippen LogP contribution is 2.54. The molecule has 0 radical (unpaired) electrons. The van der Waals surface area contributed by atoms with Gasteiger partial charge in [-0.2, -0.15) is 0 Å². The molecule has 1 atom stereocenters. The second-order valence-corrected chi connectivity index (χ2v) is 7.13. The van der Waals surface area contributed by atoms with Crippen LogP contribution in [0.15, 0.2) is 0 Å². The van der Waals surface area contributed by atoms with E-state index in [0.29, 0.717) is 6.54 Å². The molecule has 13 heavy (non-hydrogen) atoms. The van der Waals surface area contributed by atoms with Crippen LogP contribution in [0.25, 0.3) is 0 Å². The van der Waals surface area contributed by atoms with Crippen molar-refractivity contribution < 1.29 is 10.00 Å². The van der Waals surface area contributed by atoms with Gasteiger partial charge in [0.1, 0.15) is 6.29 Å². The number of hydrogen-bond acceptors (Lipinski definition) is 3. The molecule has 80 valence electrons. The maximum atomic E-state index is 10.2. The largest absolute Gasteiger partial charge is 0.395 e. The quantitative estimate of drug-likeness (QED) is 0.618. The van der Waals surface area contributed by atoms with Crippen molar-refractivity contribution in [2.24, 2.45) is 0 Å². The molecule has 0 bridgehead atoms. The number of aliphatic hydroxyl groups is 1. The molecule has 0 aliphatic carbocycles. The molecular formula is C9H23NO2P+. The van der Waals surface area contributed by atoms with E-state index >= 15 is 0 Å². The Kier molecular flexibility index (Phi) is 6.88. The zero-order valence-corrected chi connectivity index (χ0v) is 9.93. The lowest BCUT2D eigenvalue weighted by atomic mass is 10.6. The van der Waals surface area contributed by atoms with Crippen molar-refractivity contribution in [1.29, 1.82) is 0 Å². The van der Waals surface area contributed by atoms with Crippen LogP contribution in [0.2, 0.25) is 0 Å². The van der Waals surface area contributed by atoms with Gasteiger partial charge in [-0.15, -0.1) is 0 Å². The molecule has 0 heterocycles. The molecule has 0 saturated carbocycles. The average molecular weight is 208 g/mol. The Hall–Kier alpha value is 0.310. The van der Waals surface area contributed by atoms with E-state index in [1.54, 1.807) is 0 Å². The summed E-state index contributed by atoms with van der Waals surface area (Å²) in [5.41, 5.74) is 0. The van der Waals surface area contributed by atoms with Gasteiger partial charge in [0.15, 0.2) is 7.49 Å². The molecule has 0 spiro atoms. The molecule has 0 aliphatic heterocycles. The summed E-state index contributed by atoms with van der Waals surface area (Å²) < 4.78 is 0. The maximum absolute atomic E-state index is 10.2. The van der Waals surface area contributed by atoms with Gasteiger partial charge in [-0.1, -0.05) is 6.92 Å². The zero-order valence-electron chi connectivity index (χ0n) is 9.03. The predicted molar refractivity (Wildman–Crippen MR) is 59.4 cm³/mol. The van der Waals surface area contributed by atoms with Gasteiger partial charge < -0.3 is 5.11 Å². The molecule has 2 N–H and O–H groups in total. The molecule has 0 aromatic carbocycles. The van der Waals surface area contributed by atoms with Crippen LogP contribution in [0.1, 0.15) is 20.3 Å². The Morgan fingerprint density at radius 3 is 2.31 bits per heavy atom. The van der Waals surface area contributed by atoms with Crippen LogP contribution in [-0.2, 0) is 0 Å². The second-order valence-electron chi connectivity index (χ2n) is 3.58. The summed E-state index contributed by atoms with van der Waals surface area (Å²) in [7, 11) is 0.230. The van der Waals surface area contributed by atoms with Crippen molar-refractivity contribution >= 4 is 7.49 Å². The third-order valence-electron chi connectivity index (χ3n) is 2.21. The Labute approximate surface area is 82.2 Å². The first-order valence-electron chi connectivity index (χ1n) is 4.96. The van der Waals surface area contributed by atoms with Crippen LogP contribution >= 0.6 is 7.49 Å². The second kappa shape index (κ2) is 6.72. The molecular weight excluding hydrogens is 185 g/mol. The lowest BCUT2D eigenvalue weighted by molar-refractivity contribution is 0.235. The van der Waals surface area contributed by atoms with Crippen molar-refractivity contribution in [3.63, 3.8) is 0 Å². The van der Waals surface area contributed by atoms with Gasteiger partial charge in [-0.05, 0) is 20.4 Å². The number of hydrogen-bond donors (Lipinski definition) is 2. The van der Waals surface area contributed by atoms with Gasteiger partial charge in [0.25, 0.3) is 0 Å². The predicted octanol–water partition coefficient (Wildman–Crippen LogP) is 1.22. The summed E-state index contributed by atoms with van der Waals surface area (Å²) in [6.07, 6.45) is 3.64. The first-order chi connectivity index (χ1) is 6.08. The molecule has 0 rings (SSSR count). The molecule has 0 aromatic rings. The SMILES string of the molecule is CCC[P+](O)(CC)CN(C)CCO. The fraction of sp³-hybridized carbons (Fsp3) is 1.00. The van der Waals surface area contributed by atoms with Crippen LogP contribution in [0.5, 0.6) is 0 Å². The minimum absolute atomic E-state index is 0.173. The molecule has 1 unspecified atom stereocenters. The van der Waals surface area contributed by atoms with E-state index in [0.717, 1.165) is 25.0 Å². The Morgan fingerprint density at radius 1 is 1.31 bits per heavy atom. The first kappa shape index (κ1) is 13.3. The Bertz CT molecular complexity index is 135.